The lowest BCUT2D eigenvalue weighted by Crippen LogP contribution is -2.16. The number of hydrogen-bond donors (Lipinski definition) is 1. The lowest BCUT2D eigenvalue weighted by molar-refractivity contribution is -0.144. The molecular formula is C8H14O3. The quantitative estimate of drug-likeness (QED) is 0.488. The van der Waals surface area contributed by atoms with Crippen molar-refractivity contribution < 1.29 is 14.6 Å². The fourth-order valence-corrected chi connectivity index (χ4v) is 0.552. The van der Waals surface area contributed by atoms with Crippen LogP contribution in [0.1, 0.15) is 20.3 Å². The van der Waals surface area contributed by atoms with Crippen molar-refractivity contribution in [1.82, 2.24) is 0 Å². The Kier molecular flexibility index (Phi) is 4.54. The second-order valence-corrected chi connectivity index (χ2v) is 2.37. The standard InChI is InChI=1S/C8H14O3/c1-4-11-8(10)5-7(9)6(2)3/h7,9H,2,4-5H2,1,3H3. The normalized spacial score (nSPS) is 12.3. The number of carbonyl (C=O) groups excluding carboxylic acids is 1. The third-order valence-corrected chi connectivity index (χ3v) is 1.23. The number of rotatable bonds is 4. The summed E-state index contributed by atoms with van der Waals surface area (Å²) in [7, 11) is 0. The molecule has 0 saturated heterocycles. The van der Waals surface area contributed by atoms with Crippen LogP contribution in [0.15, 0.2) is 12.2 Å². The van der Waals surface area contributed by atoms with Gasteiger partial charge in [0.15, 0.2) is 0 Å². The minimum atomic E-state index is -0.769. The maximum Gasteiger partial charge on any atom is 0.308 e. The molecule has 0 aromatic rings. The van der Waals surface area contributed by atoms with Crippen LogP contribution >= 0.6 is 0 Å². The Labute approximate surface area is 66.7 Å². The van der Waals surface area contributed by atoms with Gasteiger partial charge in [0.25, 0.3) is 0 Å². The lowest BCUT2D eigenvalue weighted by atomic mass is 10.1. The molecule has 0 rings (SSSR count). The molecule has 0 aliphatic rings. The molecule has 0 spiro atoms. The van der Waals surface area contributed by atoms with Crippen molar-refractivity contribution in [3.05, 3.63) is 12.2 Å². The van der Waals surface area contributed by atoms with Gasteiger partial charge in [0.05, 0.1) is 19.1 Å². The highest BCUT2D eigenvalue weighted by Gasteiger charge is 2.11. The predicted molar refractivity (Wildman–Crippen MR) is 42.1 cm³/mol. The topological polar surface area (TPSA) is 46.5 Å². The van der Waals surface area contributed by atoms with Crippen LogP contribution in [0.5, 0.6) is 0 Å². The monoisotopic (exact) mass is 158 g/mol. The molecular weight excluding hydrogens is 144 g/mol. The number of aliphatic hydroxyl groups excluding tert-OH is 1. The molecule has 3 heteroatoms. The SMILES string of the molecule is C=C(C)C(O)CC(=O)OCC. The molecule has 1 unspecified atom stereocenters. The van der Waals surface area contributed by atoms with Crippen LogP contribution in [-0.4, -0.2) is 23.8 Å². The maximum absolute atomic E-state index is 10.7. The third kappa shape index (κ3) is 4.56. The van der Waals surface area contributed by atoms with Crippen LogP contribution < -0.4 is 0 Å². The smallest absolute Gasteiger partial charge is 0.308 e. The fourth-order valence-electron chi connectivity index (χ4n) is 0.552. The molecule has 0 saturated carbocycles. The molecule has 0 aromatic carbocycles. The van der Waals surface area contributed by atoms with Crippen LogP contribution in [0.4, 0.5) is 0 Å². The van der Waals surface area contributed by atoms with Crippen LogP contribution in [0.25, 0.3) is 0 Å². The Hall–Kier alpha value is -0.830. The van der Waals surface area contributed by atoms with Crippen molar-refractivity contribution in [1.29, 1.82) is 0 Å². The molecule has 0 radical (unpaired) electrons. The van der Waals surface area contributed by atoms with Crippen LogP contribution in [0.3, 0.4) is 0 Å². The number of carbonyl (C=O) groups is 1. The highest BCUT2D eigenvalue weighted by molar-refractivity contribution is 5.70. The Morgan fingerprint density at radius 3 is 2.64 bits per heavy atom. The van der Waals surface area contributed by atoms with Gasteiger partial charge in [0.1, 0.15) is 0 Å². The van der Waals surface area contributed by atoms with E-state index in [4.69, 9.17) is 5.11 Å². The van der Waals surface area contributed by atoms with E-state index in [9.17, 15) is 4.79 Å². The molecule has 1 atom stereocenters. The average Bonchev–Trinajstić information content (AvgIpc) is 1.87. The van der Waals surface area contributed by atoms with Crippen molar-refractivity contribution in [2.45, 2.75) is 26.4 Å². The van der Waals surface area contributed by atoms with Gasteiger partial charge in [-0.25, -0.2) is 0 Å². The van der Waals surface area contributed by atoms with E-state index in [0.29, 0.717) is 12.2 Å². The zero-order valence-electron chi connectivity index (χ0n) is 6.96. The van der Waals surface area contributed by atoms with Gasteiger partial charge in [-0.15, -0.1) is 0 Å². The number of esters is 1. The highest BCUT2D eigenvalue weighted by atomic mass is 16.5. The van der Waals surface area contributed by atoms with E-state index in [1.807, 2.05) is 0 Å². The molecule has 1 N–H and O–H groups in total. The minimum absolute atomic E-state index is 0.00315. The Bertz CT molecular complexity index is 151. The maximum atomic E-state index is 10.7. The van der Waals surface area contributed by atoms with Crippen molar-refractivity contribution in [2.75, 3.05) is 6.61 Å². The predicted octanol–water partition coefficient (Wildman–Crippen LogP) is 0.877. The van der Waals surface area contributed by atoms with Crippen molar-refractivity contribution in [3.8, 4) is 0 Å². The van der Waals surface area contributed by atoms with E-state index in [0.717, 1.165) is 0 Å². The second kappa shape index (κ2) is 4.91. The van der Waals surface area contributed by atoms with Gasteiger partial charge in [0.2, 0.25) is 0 Å². The van der Waals surface area contributed by atoms with Crippen LogP contribution in [0, 0.1) is 0 Å². The van der Waals surface area contributed by atoms with Crippen molar-refractivity contribution in [3.63, 3.8) is 0 Å². The highest BCUT2D eigenvalue weighted by Crippen LogP contribution is 2.03. The lowest BCUT2D eigenvalue weighted by Gasteiger charge is -2.08. The summed E-state index contributed by atoms with van der Waals surface area (Å²) in [6, 6.07) is 0. The molecule has 0 amide bonds. The van der Waals surface area contributed by atoms with Gasteiger partial charge >= 0.3 is 5.97 Å². The van der Waals surface area contributed by atoms with Gasteiger partial charge in [0, 0.05) is 0 Å². The molecule has 0 aromatic heterocycles. The van der Waals surface area contributed by atoms with E-state index in [1.54, 1.807) is 13.8 Å². The van der Waals surface area contributed by atoms with Crippen LogP contribution in [0.2, 0.25) is 0 Å². The number of aliphatic hydroxyl groups is 1. The van der Waals surface area contributed by atoms with E-state index < -0.39 is 6.10 Å². The first-order valence-electron chi connectivity index (χ1n) is 3.57. The van der Waals surface area contributed by atoms with Gasteiger partial charge < -0.3 is 9.84 Å². The van der Waals surface area contributed by atoms with E-state index in [2.05, 4.69) is 11.3 Å². The first kappa shape index (κ1) is 10.2. The molecule has 0 fully saturated rings. The zero-order valence-corrected chi connectivity index (χ0v) is 6.96. The minimum Gasteiger partial charge on any atom is -0.466 e. The van der Waals surface area contributed by atoms with Crippen LogP contribution in [-0.2, 0) is 9.53 Å². The van der Waals surface area contributed by atoms with Gasteiger partial charge in [-0.05, 0) is 13.8 Å². The summed E-state index contributed by atoms with van der Waals surface area (Å²) < 4.78 is 4.62. The summed E-state index contributed by atoms with van der Waals surface area (Å²) >= 11 is 0. The molecule has 64 valence electrons. The fraction of sp³-hybridized carbons (Fsp3) is 0.625. The van der Waals surface area contributed by atoms with E-state index >= 15 is 0 Å². The average molecular weight is 158 g/mol. The summed E-state index contributed by atoms with van der Waals surface area (Å²) in [6.07, 6.45) is -0.766. The van der Waals surface area contributed by atoms with Gasteiger partial charge in [-0.3, -0.25) is 4.79 Å². The van der Waals surface area contributed by atoms with E-state index in [1.165, 1.54) is 0 Å². The molecule has 0 bridgehead atoms. The molecule has 0 aliphatic carbocycles. The Balaban J connectivity index is 3.66. The van der Waals surface area contributed by atoms with Gasteiger partial charge in [-0.2, -0.15) is 0 Å². The first-order chi connectivity index (χ1) is 5.07. The summed E-state index contributed by atoms with van der Waals surface area (Å²) in [5.74, 6) is -0.386. The number of ether oxygens (including phenoxy) is 1. The summed E-state index contributed by atoms with van der Waals surface area (Å²) in [6.45, 7) is 7.26. The van der Waals surface area contributed by atoms with E-state index in [-0.39, 0.29) is 12.4 Å². The molecule has 11 heavy (non-hydrogen) atoms. The Morgan fingerprint density at radius 1 is 1.73 bits per heavy atom. The zero-order chi connectivity index (χ0) is 8.85. The largest absolute Gasteiger partial charge is 0.466 e. The van der Waals surface area contributed by atoms with Crippen molar-refractivity contribution in [2.24, 2.45) is 0 Å². The molecule has 0 aliphatic heterocycles. The Morgan fingerprint density at radius 2 is 2.27 bits per heavy atom. The second-order valence-electron chi connectivity index (χ2n) is 2.37. The number of hydrogen-bond acceptors (Lipinski definition) is 3. The molecule has 0 heterocycles. The van der Waals surface area contributed by atoms with Gasteiger partial charge in [-0.1, -0.05) is 12.2 Å². The molecule has 3 nitrogen and oxygen atoms in total. The summed E-state index contributed by atoms with van der Waals surface area (Å²) in [5.41, 5.74) is 0.582. The first-order valence-corrected chi connectivity index (χ1v) is 3.57. The summed E-state index contributed by atoms with van der Waals surface area (Å²) in [4.78, 5) is 10.7. The summed E-state index contributed by atoms with van der Waals surface area (Å²) in [5, 5.41) is 9.12. The third-order valence-electron chi connectivity index (χ3n) is 1.23. The van der Waals surface area contributed by atoms with Crippen molar-refractivity contribution >= 4 is 5.97 Å².